The van der Waals surface area contributed by atoms with Crippen LogP contribution in [0.4, 0.5) is 0 Å². The third-order valence-corrected chi connectivity index (χ3v) is 3.71. The molecule has 0 saturated carbocycles. The van der Waals surface area contributed by atoms with E-state index in [1.807, 2.05) is 0 Å². The molecule has 0 saturated heterocycles. The lowest BCUT2D eigenvalue weighted by Gasteiger charge is -2.05. The van der Waals surface area contributed by atoms with Crippen molar-refractivity contribution in [3.63, 3.8) is 0 Å². The van der Waals surface area contributed by atoms with Gasteiger partial charge in [-0.3, -0.25) is 14.6 Å². The van der Waals surface area contributed by atoms with Crippen LogP contribution in [0.1, 0.15) is 6.92 Å². The van der Waals surface area contributed by atoms with Crippen LogP contribution in [0.3, 0.4) is 0 Å². The SMILES string of the molecule is CCOC(=O)CNC(=O)CSc1nnc(-c2cnccn2)n1C. The molecule has 0 aliphatic heterocycles. The van der Waals surface area contributed by atoms with Crippen LogP contribution in [-0.4, -0.2) is 55.5 Å². The highest BCUT2D eigenvalue weighted by molar-refractivity contribution is 7.99. The van der Waals surface area contributed by atoms with Crippen molar-refractivity contribution in [1.29, 1.82) is 0 Å². The summed E-state index contributed by atoms with van der Waals surface area (Å²) in [4.78, 5) is 31.0. The maximum atomic E-state index is 11.7. The highest BCUT2D eigenvalue weighted by Crippen LogP contribution is 2.20. The van der Waals surface area contributed by atoms with Gasteiger partial charge in [0, 0.05) is 19.4 Å². The van der Waals surface area contributed by atoms with E-state index in [1.165, 1.54) is 11.8 Å². The van der Waals surface area contributed by atoms with Gasteiger partial charge in [0.1, 0.15) is 12.2 Å². The number of thioether (sulfide) groups is 1. The number of nitrogens with zero attached hydrogens (tertiary/aromatic N) is 5. The first-order valence-electron chi connectivity index (χ1n) is 6.82. The molecule has 23 heavy (non-hydrogen) atoms. The van der Waals surface area contributed by atoms with Gasteiger partial charge in [-0.15, -0.1) is 10.2 Å². The minimum Gasteiger partial charge on any atom is -0.465 e. The van der Waals surface area contributed by atoms with Gasteiger partial charge >= 0.3 is 5.97 Å². The topological polar surface area (TPSA) is 112 Å². The van der Waals surface area contributed by atoms with Crippen molar-refractivity contribution < 1.29 is 14.3 Å². The zero-order valence-electron chi connectivity index (χ0n) is 12.7. The number of aromatic nitrogens is 5. The molecule has 0 unspecified atom stereocenters. The fourth-order valence-electron chi connectivity index (χ4n) is 1.64. The molecule has 0 aliphatic carbocycles. The summed E-state index contributed by atoms with van der Waals surface area (Å²) in [5.41, 5.74) is 0.598. The normalized spacial score (nSPS) is 10.3. The summed E-state index contributed by atoms with van der Waals surface area (Å²) in [6.07, 6.45) is 4.73. The van der Waals surface area contributed by atoms with Crippen molar-refractivity contribution >= 4 is 23.6 Å². The van der Waals surface area contributed by atoms with Crippen LogP contribution in [-0.2, 0) is 21.4 Å². The molecule has 2 heterocycles. The number of carbonyl (C=O) groups excluding carboxylic acids is 2. The molecule has 0 atom stereocenters. The maximum Gasteiger partial charge on any atom is 0.325 e. The fourth-order valence-corrected chi connectivity index (χ4v) is 2.38. The zero-order valence-corrected chi connectivity index (χ0v) is 13.5. The van der Waals surface area contributed by atoms with Crippen molar-refractivity contribution in [2.24, 2.45) is 7.05 Å². The Balaban J connectivity index is 1.88. The summed E-state index contributed by atoms with van der Waals surface area (Å²) in [6.45, 7) is 1.85. The lowest BCUT2D eigenvalue weighted by molar-refractivity contribution is -0.143. The highest BCUT2D eigenvalue weighted by Gasteiger charge is 2.14. The summed E-state index contributed by atoms with van der Waals surface area (Å²) < 4.78 is 6.46. The molecule has 2 rings (SSSR count). The average Bonchev–Trinajstić information content (AvgIpc) is 2.93. The van der Waals surface area contributed by atoms with Gasteiger partial charge < -0.3 is 14.6 Å². The van der Waals surface area contributed by atoms with Gasteiger partial charge in [0.2, 0.25) is 5.91 Å². The van der Waals surface area contributed by atoms with Crippen LogP contribution in [0.2, 0.25) is 0 Å². The molecule has 0 spiro atoms. The summed E-state index contributed by atoms with van der Waals surface area (Å²) in [7, 11) is 1.78. The van der Waals surface area contributed by atoms with Gasteiger partial charge in [-0.2, -0.15) is 0 Å². The Bertz CT molecular complexity index is 676. The molecular formula is C13H16N6O3S. The summed E-state index contributed by atoms with van der Waals surface area (Å²) in [6, 6.07) is 0. The third kappa shape index (κ3) is 4.74. The van der Waals surface area contributed by atoms with E-state index in [0.29, 0.717) is 16.7 Å². The molecule has 2 aromatic heterocycles. The summed E-state index contributed by atoms with van der Waals surface area (Å²) in [5.74, 6) is -0.0691. The average molecular weight is 336 g/mol. The van der Waals surface area contributed by atoms with E-state index in [9.17, 15) is 9.59 Å². The smallest absolute Gasteiger partial charge is 0.325 e. The first-order valence-corrected chi connectivity index (χ1v) is 7.81. The van der Waals surface area contributed by atoms with Crippen molar-refractivity contribution in [3.8, 4) is 11.5 Å². The standard InChI is InChI=1S/C13H16N6O3S/c1-3-22-11(21)7-16-10(20)8-23-13-18-17-12(19(13)2)9-6-14-4-5-15-9/h4-6H,3,7-8H2,1-2H3,(H,16,20). The van der Waals surface area contributed by atoms with Crippen LogP contribution in [0, 0.1) is 0 Å². The van der Waals surface area contributed by atoms with Crippen LogP contribution < -0.4 is 5.32 Å². The van der Waals surface area contributed by atoms with Crippen molar-refractivity contribution in [2.45, 2.75) is 12.1 Å². The second kappa shape index (κ2) is 8.22. The van der Waals surface area contributed by atoms with Gasteiger partial charge in [-0.25, -0.2) is 4.98 Å². The van der Waals surface area contributed by atoms with Crippen molar-refractivity contribution in [1.82, 2.24) is 30.0 Å². The Hall–Kier alpha value is -2.49. The summed E-state index contributed by atoms with van der Waals surface area (Å²) in [5, 5.41) is 11.1. The molecule has 0 radical (unpaired) electrons. The number of esters is 1. The second-order valence-electron chi connectivity index (χ2n) is 4.33. The zero-order chi connectivity index (χ0) is 16.7. The molecule has 2 aromatic rings. The van der Waals surface area contributed by atoms with E-state index in [0.717, 1.165) is 0 Å². The van der Waals surface area contributed by atoms with Gasteiger partial charge in [0.05, 0.1) is 18.6 Å². The number of hydrogen-bond acceptors (Lipinski definition) is 8. The largest absolute Gasteiger partial charge is 0.465 e. The predicted molar refractivity (Wildman–Crippen MR) is 82.4 cm³/mol. The van der Waals surface area contributed by atoms with Crippen molar-refractivity contribution in [2.75, 3.05) is 18.9 Å². The lowest BCUT2D eigenvalue weighted by Crippen LogP contribution is -2.31. The highest BCUT2D eigenvalue weighted by atomic mass is 32.2. The molecule has 0 bridgehead atoms. The van der Waals surface area contributed by atoms with Gasteiger partial charge in [-0.1, -0.05) is 11.8 Å². The molecule has 0 aliphatic rings. The van der Waals surface area contributed by atoms with E-state index in [4.69, 9.17) is 4.74 Å². The Morgan fingerprint density at radius 1 is 1.35 bits per heavy atom. The van der Waals surface area contributed by atoms with E-state index in [1.54, 1.807) is 37.1 Å². The van der Waals surface area contributed by atoms with Gasteiger partial charge in [-0.05, 0) is 6.92 Å². The molecule has 9 nitrogen and oxygen atoms in total. The minimum absolute atomic E-state index is 0.117. The predicted octanol–water partition coefficient (Wildman–Crippen LogP) is 0.0435. The van der Waals surface area contributed by atoms with E-state index < -0.39 is 5.97 Å². The van der Waals surface area contributed by atoms with Crippen LogP contribution >= 0.6 is 11.8 Å². The first kappa shape index (κ1) is 16.9. The van der Waals surface area contributed by atoms with Crippen LogP contribution in [0.5, 0.6) is 0 Å². The summed E-state index contributed by atoms with van der Waals surface area (Å²) >= 11 is 1.21. The number of amides is 1. The first-order chi connectivity index (χ1) is 11.1. The Labute approximate surface area is 136 Å². The number of carbonyl (C=O) groups is 2. The van der Waals surface area contributed by atoms with Gasteiger partial charge in [0.15, 0.2) is 11.0 Å². The quantitative estimate of drug-likeness (QED) is 0.557. The van der Waals surface area contributed by atoms with E-state index >= 15 is 0 Å². The molecule has 0 fully saturated rings. The maximum absolute atomic E-state index is 11.7. The molecule has 10 heteroatoms. The number of hydrogen-bond donors (Lipinski definition) is 1. The minimum atomic E-state index is -0.463. The molecule has 122 valence electrons. The Morgan fingerprint density at radius 3 is 2.87 bits per heavy atom. The lowest BCUT2D eigenvalue weighted by atomic mass is 10.4. The monoisotopic (exact) mass is 336 g/mol. The molecule has 1 amide bonds. The number of nitrogens with one attached hydrogen (secondary N) is 1. The second-order valence-corrected chi connectivity index (χ2v) is 5.27. The molecule has 1 N–H and O–H groups in total. The third-order valence-electron chi connectivity index (χ3n) is 2.69. The van der Waals surface area contributed by atoms with Crippen LogP contribution in [0.15, 0.2) is 23.7 Å². The van der Waals surface area contributed by atoms with Crippen molar-refractivity contribution in [3.05, 3.63) is 18.6 Å². The van der Waals surface area contributed by atoms with E-state index in [-0.39, 0.29) is 24.8 Å². The van der Waals surface area contributed by atoms with Crippen LogP contribution in [0.25, 0.3) is 11.5 Å². The number of rotatable bonds is 7. The number of ether oxygens (including phenoxy) is 1. The fraction of sp³-hybridized carbons (Fsp3) is 0.385. The molecular weight excluding hydrogens is 320 g/mol. The van der Waals surface area contributed by atoms with E-state index in [2.05, 4.69) is 25.5 Å². The molecule has 0 aromatic carbocycles. The Morgan fingerprint density at radius 2 is 2.17 bits per heavy atom. The van der Waals surface area contributed by atoms with Gasteiger partial charge in [0.25, 0.3) is 0 Å². The Kier molecular flexibility index (Phi) is 6.03.